The van der Waals surface area contributed by atoms with Gasteiger partial charge in [0.25, 0.3) is 5.91 Å². The van der Waals surface area contributed by atoms with Crippen LogP contribution in [0, 0.1) is 30.6 Å². The van der Waals surface area contributed by atoms with Gasteiger partial charge in [-0.3, -0.25) is 28.9 Å². The number of hydrogen-bond donors (Lipinski definition) is 1. The van der Waals surface area contributed by atoms with E-state index in [1.54, 1.807) is 36.0 Å². The number of carbonyl (C=O) groups excluding carboxylic acids is 5. The molecule has 1 aromatic carbocycles. The van der Waals surface area contributed by atoms with Crippen molar-refractivity contribution in [3.8, 4) is 0 Å². The highest BCUT2D eigenvalue weighted by molar-refractivity contribution is 8.00. The SMILES string of the molecule is CCN1CCCC[C@@H]1C(=O)C[C@H](C(=O)N(C)[C@H](C[C@@H](OC(C)=O)c1nc(C(=O)N[C@@H](Cc2ccc(C)cc2)C[C@H](C)C(=O)OC)cs1)C(C)C)C1CSC1. The average molecular weight is 785 g/mol. The van der Waals surface area contributed by atoms with Crippen molar-refractivity contribution in [1.82, 2.24) is 20.1 Å². The van der Waals surface area contributed by atoms with Gasteiger partial charge in [0.1, 0.15) is 10.7 Å². The van der Waals surface area contributed by atoms with Gasteiger partial charge in [0.15, 0.2) is 11.9 Å². The summed E-state index contributed by atoms with van der Waals surface area (Å²) < 4.78 is 10.8. The maximum Gasteiger partial charge on any atom is 0.308 e. The van der Waals surface area contributed by atoms with E-state index in [-0.39, 0.29) is 66.2 Å². The van der Waals surface area contributed by atoms with Gasteiger partial charge in [-0.15, -0.1) is 11.3 Å². The van der Waals surface area contributed by atoms with Crippen LogP contribution in [0.15, 0.2) is 29.6 Å². The van der Waals surface area contributed by atoms with Gasteiger partial charge in [0.05, 0.1) is 19.1 Å². The lowest BCUT2D eigenvalue weighted by atomic mass is 9.84. The van der Waals surface area contributed by atoms with Crippen LogP contribution in [-0.4, -0.2) is 101 Å². The molecule has 0 aliphatic carbocycles. The largest absolute Gasteiger partial charge is 0.469 e. The molecule has 0 unspecified atom stereocenters. The van der Waals surface area contributed by atoms with Crippen molar-refractivity contribution in [2.24, 2.45) is 23.7 Å². The number of aryl methyl sites for hydroxylation is 1. The van der Waals surface area contributed by atoms with Crippen LogP contribution >= 0.6 is 23.1 Å². The molecular weight excluding hydrogens is 725 g/mol. The second kappa shape index (κ2) is 20.6. The smallest absolute Gasteiger partial charge is 0.308 e. The van der Waals surface area contributed by atoms with Gasteiger partial charge in [0, 0.05) is 50.2 Å². The fourth-order valence-corrected chi connectivity index (χ4v) is 9.49. The molecule has 2 amide bonds. The topological polar surface area (TPSA) is 135 Å². The van der Waals surface area contributed by atoms with Gasteiger partial charge in [-0.05, 0) is 74.6 Å². The number of nitrogens with one attached hydrogen (secondary N) is 1. The molecule has 298 valence electrons. The number of amides is 2. The van der Waals surface area contributed by atoms with Gasteiger partial charge < -0.3 is 19.7 Å². The van der Waals surface area contributed by atoms with Crippen LogP contribution in [0.4, 0.5) is 0 Å². The zero-order chi connectivity index (χ0) is 39.5. The maximum atomic E-state index is 14.4. The van der Waals surface area contributed by atoms with E-state index in [1.165, 1.54) is 25.4 Å². The van der Waals surface area contributed by atoms with Crippen molar-refractivity contribution in [3.05, 3.63) is 51.5 Å². The Labute approximate surface area is 329 Å². The molecule has 2 aliphatic rings. The molecule has 2 fully saturated rings. The first kappa shape index (κ1) is 43.4. The van der Waals surface area contributed by atoms with Crippen LogP contribution in [0.2, 0.25) is 0 Å². The number of hydrogen-bond acceptors (Lipinski definition) is 11. The summed E-state index contributed by atoms with van der Waals surface area (Å²) in [6.45, 7) is 13.0. The summed E-state index contributed by atoms with van der Waals surface area (Å²) in [6, 6.07) is 7.22. The lowest BCUT2D eigenvalue weighted by molar-refractivity contribution is -0.149. The van der Waals surface area contributed by atoms with Crippen LogP contribution < -0.4 is 5.32 Å². The van der Waals surface area contributed by atoms with E-state index in [9.17, 15) is 24.0 Å². The van der Waals surface area contributed by atoms with Crippen molar-refractivity contribution in [2.45, 2.75) is 111 Å². The number of aromatic nitrogens is 1. The number of nitrogens with zero attached hydrogens (tertiary/aromatic N) is 3. The molecule has 11 nitrogen and oxygen atoms in total. The standard InChI is InChI=1S/C41H60N4O7S2/c1-9-45-17-11-10-12-34(45)36(47)20-32(30-22-53-23-30)40(49)44(7)35(25(2)3)21-37(52-28(6)46)39-43-33(24-54-39)38(48)42-31(18-27(5)41(50)51-8)19-29-15-13-26(4)14-16-29/h13-16,24-25,27,30-32,34-35,37H,9-12,17-23H2,1-8H3,(H,42,48)/t27-,31+,32-,34+,35+,37+/m0/s1. The minimum absolute atomic E-state index is 0.000108. The molecule has 4 rings (SSSR count). The minimum Gasteiger partial charge on any atom is -0.469 e. The molecule has 2 saturated heterocycles. The number of thiazole rings is 1. The third-order valence-corrected chi connectivity index (χ3v) is 13.2. The number of Topliss-reactive ketones (excluding diaryl/α,β-unsaturated/α-hetero) is 1. The molecule has 0 bridgehead atoms. The number of methoxy groups -OCH3 is 1. The maximum absolute atomic E-state index is 14.4. The fraction of sp³-hybridized carbons (Fsp3) is 0.659. The number of ether oxygens (including phenoxy) is 2. The molecule has 13 heteroatoms. The van der Waals surface area contributed by atoms with Crippen molar-refractivity contribution in [3.63, 3.8) is 0 Å². The van der Waals surface area contributed by atoms with E-state index >= 15 is 0 Å². The predicted molar refractivity (Wildman–Crippen MR) is 213 cm³/mol. The normalized spacial score (nSPS) is 19.2. The van der Waals surface area contributed by atoms with E-state index in [0.717, 1.165) is 55.0 Å². The first-order chi connectivity index (χ1) is 25.7. The summed E-state index contributed by atoms with van der Waals surface area (Å²) >= 11 is 3.03. The lowest BCUT2D eigenvalue weighted by Crippen LogP contribution is -2.50. The molecule has 6 atom stereocenters. The Morgan fingerprint density at radius 3 is 2.35 bits per heavy atom. The molecule has 2 aliphatic heterocycles. The molecule has 1 N–H and O–H groups in total. The van der Waals surface area contributed by atoms with Crippen molar-refractivity contribution in [1.29, 1.82) is 0 Å². The zero-order valence-electron chi connectivity index (χ0n) is 33.3. The molecule has 54 heavy (non-hydrogen) atoms. The zero-order valence-corrected chi connectivity index (χ0v) is 34.9. The number of esters is 2. The van der Waals surface area contributed by atoms with E-state index in [0.29, 0.717) is 17.8 Å². The third-order valence-electron chi connectivity index (χ3n) is 11.0. The number of likely N-dealkylation sites (N-methyl/N-ethyl adjacent to an activating group) is 1. The number of carbonyl (C=O) groups is 5. The Bertz CT molecular complexity index is 1580. The second-order valence-electron chi connectivity index (χ2n) is 15.4. The van der Waals surface area contributed by atoms with Crippen molar-refractivity contribution in [2.75, 3.05) is 38.8 Å². The Morgan fingerprint density at radius 1 is 1.06 bits per heavy atom. The molecular formula is C41H60N4O7S2. The van der Waals surface area contributed by atoms with Crippen molar-refractivity contribution >= 4 is 52.6 Å². The van der Waals surface area contributed by atoms with Gasteiger partial charge in [-0.2, -0.15) is 11.8 Å². The van der Waals surface area contributed by atoms with E-state index in [2.05, 4.69) is 22.1 Å². The Balaban J connectivity index is 1.51. The number of ketones is 1. The summed E-state index contributed by atoms with van der Waals surface area (Å²) in [5, 5.41) is 5.18. The van der Waals surface area contributed by atoms with E-state index < -0.39 is 29.8 Å². The first-order valence-electron chi connectivity index (χ1n) is 19.4. The fourth-order valence-electron chi connectivity index (χ4n) is 7.68. The molecule has 0 spiro atoms. The first-order valence-corrected chi connectivity index (χ1v) is 21.4. The Morgan fingerprint density at radius 2 is 1.76 bits per heavy atom. The highest BCUT2D eigenvalue weighted by atomic mass is 32.2. The third kappa shape index (κ3) is 11.9. The lowest BCUT2D eigenvalue weighted by Gasteiger charge is -2.40. The Kier molecular flexibility index (Phi) is 16.6. The van der Waals surface area contributed by atoms with Crippen LogP contribution in [0.5, 0.6) is 0 Å². The number of likely N-dealkylation sites (tertiary alicyclic amines) is 1. The summed E-state index contributed by atoms with van der Waals surface area (Å²) in [4.78, 5) is 75.1. The van der Waals surface area contributed by atoms with Crippen LogP contribution in [0.1, 0.15) is 106 Å². The van der Waals surface area contributed by atoms with Crippen LogP contribution in [0.3, 0.4) is 0 Å². The second-order valence-corrected chi connectivity index (χ2v) is 17.4. The predicted octanol–water partition coefficient (Wildman–Crippen LogP) is 6.28. The van der Waals surface area contributed by atoms with Gasteiger partial charge in [-0.1, -0.05) is 63.9 Å². The summed E-state index contributed by atoms with van der Waals surface area (Å²) in [7, 11) is 3.15. The summed E-state index contributed by atoms with van der Waals surface area (Å²) in [6.07, 6.45) is 3.58. The molecule has 0 saturated carbocycles. The van der Waals surface area contributed by atoms with E-state index in [1.807, 2.05) is 45.0 Å². The highest BCUT2D eigenvalue weighted by Crippen LogP contribution is 2.37. The van der Waals surface area contributed by atoms with Crippen LogP contribution in [0.25, 0.3) is 0 Å². The molecule has 2 aromatic rings. The number of piperidine rings is 1. The minimum atomic E-state index is -0.793. The van der Waals surface area contributed by atoms with Gasteiger partial charge >= 0.3 is 11.9 Å². The highest BCUT2D eigenvalue weighted by Gasteiger charge is 2.41. The number of thioether (sulfide) groups is 1. The quantitative estimate of drug-likeness (QED) is 0.162. The molecule has 1 aromatic heterocycles. The van der Waals surface area contributed by atoms with E-state index in [4.69, 9.17) is 9.47 Å². The van der Waals surface area contributed by atoms with Gasteiger partial charge in [0.2, 0.25) is 5.91 Å². The van der Waals surface area contributed by atoms with Gasteiger partial charge in [-0.25, -0.2) is 4.98 Å². The Hall–Kier alpha value is -3.29. The number of benzene rings is 1. The molecule has 3 heterocycles. The number of rotatable bonds is 19. The average Bonchev–Trinajstić information content (AvgIpc) is 3.62. The van der Waals surface area contributed by atoms with Crippen LogP contribution in [-0.2, 0) is 35.1 Å². The monoisotopic (exact) mass is 784 g/mol. The summed E-state index contributed by atoms with van der Waals surface area (Å²) in [5.74, 6) is -0.0875. The van der Waals surface area contributed by atoms with Crippen molar-refractivity contribution < 1.29 is 33.4 Å². The summed E-state index contributed by atoms with van der Waals surface area (Å²) in [5.41, 5.74) is 2.33. The molecule has 0 radical (unpaired) electrons.